The Bertz CT molecular complexity index is 384. The molecule has 1 aliphatic rings. The molecule has 0 aromatic heterocycles. The van der Waals surface area contributed by atoms with Crippen LogP contribution in [0.3, 0.4) is 0 Å². The van der Waals surface area contributed by atoms with E-state index in [1.807, 2.05) is 0 Å². The molecule has 0 saturated carbocycles. The van der Waals surface area contributed by atoms with E-state index in [0.717, 1.165) is 0 Å². The second kappa shape index (κ2) is 5.91. The molecule has 1 saturated heterocycles. The molecule has 106 valence electrons. The highest BCUT2D eigenvalue weighted by Crippen LogP contribution is 2.19. The molecule has 1 rings (SSSR count). The van der Waals surface area contributed by atoms with E-state index in [1.54, 1.807) is 0 Å². The molecule has 9 nitrogen and oxygen atoms in total. The van der Waals surface area contributed by atoms with Gasteiger partial charge in [-0.3, -0.25) is 9.35 Å². The van der Waals surface area contributed by atoms with E-state index < -0.39 is 47.5 Å². The monoisotopic (exact) mass is 285 g/mol. The van der Waals surface area contributed by atoms with Gasteiger partial charge in [0.25, 0.3) is 0 Å². The van der Waals surface area contributed by atoms with Crippen molar-refractivity contribution in [3.05, 3.63) is 0 Å². The zero-order valence-electron chi connectivity index (χ0n) is 9.51. The Morgan fingerprint density at radius 2 is 2.11 bits per heavy atom. The van der Waals surface area contributed by atoms with Crippen LogP contribution >= 0.6 is 0 Å². The number of ether oxygens (including phenoxy) is 1. The molecule has 1 aliphatic heterocycles. The highest BCUT2D eigenvalue weighted by atomic mass is 32.3. The zero-order valence-corrected chi connectivity index (χ0v) is 10.3. The number of amides is 1. The van der Waals surface area contributed by atoms with Crippen LogP contribution in [0.5, 0.6) is 0 Å². The maximum absolute atomic E-state index is 10.8. The summed E-state index contributed by atoms with van der Waals surface area (Å²) in [5, 5.41) is 21.5. The second-order valence-electron chi connectivity index (χ2n) is 3.89. The smallest absolute Gasteiger partial charge is 0.391 e. The molecule has 4 unspecified atom stereocenters. The summed E-state index contributed by atoms with van der Waals surface area (Å²) in [7, 11) is -4.60. The van der Waals surface area contributed by atoms with Gasteiger partial charge in [0.05, 0.1) is 18.8 Å². The largest absolute Gasteiger partial charge is 0.397 e. The van der Waals surface area contributed by atoms with Crippen molar-refractivity contribution in [3.63, 3.8) is 0 Å². The van der Waals surface area contributed by atoms with Crippen molar-refractivity contribution in [3.8, 4) is 0 Å². The second-order valence-corrected chi connectivity index (χ2v) is 4.98. The Kier molecular flexibility index (Phi) is 5.01. The Labute approximate surface area is 104 Å². The zero-order chi connectivity index (χ0) is 13.9. The summed E-state index contributed by atoms with van der Waals surface area (Å²) in [5.41, 5.74) is 0. The van der Waals surface area contributed by atoms with Gasteiger partial charge >= 0.3 is 10.4 Å². The maximum atomic E-state index is 10.8. The molecule has 4 atom stereocenters. The van der Waals surface area contributed by atoms with Gasteiger partial charge in [0, 0.05) is 13.3 Å². The van der Waals surface area contributed by atoms with Crippen molar-refractivity contribution in [2.75, 3.05) is 6.61 Å². The number of hydrogen-bond acceptors (Lipinski definition) is 7. The number of nitrogens with one attached hydrogen (secondary N) is 1. The van der Waals surface area contributed by atoms with Crippen molar-refractivity contribution in [1.82, 2.24) is 5.32 Å². The molecule has 0 spiro atoms. The molecular formula is C8H15NO8S. The quantitative estimate of drug-likeness (QED) is 0.425. The first kappa shape index (κ1) is 15.3. The molecule has 1 amide bonds. The number of carbonyl (C=O) groups is 1. The Balaban J connectivity index is 2.53. The lowest BCUT2D eigenvalue weighted by Gasteiger charge is -2.36. The Morgan fingerprint density at radius 3 is 2.56 bits per heavy atom. The molecule has 1 heterocycles. The summed E-state index contributed by atoms with van der Waals surface area (Å²) in [6.07, 6.45) is -3.58. The lowest BCUT2D eigenvalue weighted by molar-refractivity contribution is -0.213. The highest BCUT2D eigenvalue weighted by molar-refractivity contribution is 7.80. The summed E-state index contributed by atoms with van der Waals surface area (Å²) < 4.78 is 38.1. The van der Waals surface area contributed by atoms with Gasteiger partial charge in [0.1, 0.15) is 6.04 Å². The molecule has 0 bridgehead atoms. The molecule has 10 heteroatoms. The summed E-state index contributed by atoms with van der Waals surface area (Å²) in [5.74, 6) is -0.450. The van der Waals surface area contributed by atoms with Gasteiger partial charge in [-0.25, -0.2) is 4.18 Å². The predicted octanol–water partition coefficient (Wildman–Crippen LogP) is -2.22. The van der Waals surface area contributed by atoms with Crippen LogP contribution in [0.1, 0.15) is 13.3 Å². The third-order valence-corrected chi connectivity index (χ3v) is 2.76. The fourth-order valence-electron chi connectivity index (χ4n) is 1.61. The van der Waals surface area contributed by atoms with Crippen LogP contribution < -0.4 is 5.32 Å². The van der Waals surface area contributed by atoms with Crippen molar-refractivity contribution in [2.45, 2.75) is 37.9 Å². The van der Waals surface area contributed by atoms with E-state index in [-0.39, 0.29) is 6.42 Å². The fourth-order valence-corrected chi connectivity index (χ4v) is 1.94. The predicted molar refractivity (Wildman–Crippen MR) is 56.6 cm³/mol. The van der Waals surface area contributed by atoms with E-state index in [2.05, 4.69) is 9.50 Å². The number of carbonyl (C=O) groups excluding carboxylic acids is 1. The van der Waals surface area contributed by atoms with Crippen LogP contribution in [-0.4, -0.2) is 60.2 Å². The van der Waals surface area contributed by atoms with E-state index >= 15 is 0 Å². The average Bonchev–Trinajstić information content (AvgIpc) is 2.19. The van der Waals surface area contributed by atoms with Crippen molar-refractivity contribution < 1.29 is 36.9 Å². The van der Waals surface area contributed by atoms with Crippen LogP contribution in [0.15, 0.2) is 0 Å². The van der Waals surface area contributed by atoms with E-state index in [9.17, 15) is 23.4 Å². The Morgan fingerprint density at radius 1 is 1.50 bits per heavy atom. The average molecular weight is 285 g/mol. The van der Waals surface area contributed by atoms with E-state index in [0.29, 0.717) is 0 Å². The van der Waals surface area contributed by atoms with Crippen molar-refractivity contribution >= 4 is 16.3 Å². The van der Waals surface area contributed by atoms with Crippen LogP contribution in [-0.2, 0) is 24.1 Å². The lowest BCUT2D eigenvalue weighted by Crippen LogP contribution is -2.57. The van der Waals surface area contributed by atoms with Crippen molar-refractivity contribution in [1.29, 1.82) is 0 Å². The molecule has 0 radical (unpaired) electrons. The summed E-state index contributed by atoms with van der Waals surface area (Å²) in [6.45, 7) is 0.673. The van der Waals surface area contributed by atoms with Crippen molar-refractivity contribution in [2.24, 2.45) is 0 Å². The number of hydrogen-bond donors (Lipinski definition) is 4. The molecular weight excluding hydrogens is 270 g/mol. The van der Waals surface area contributed by atoms with Crippen LogP contribution in [0, 0.1) is 0 Å². The SMILES string of the molecule is CC(=O)NC1C(O)CC(COS(=O)(=O)O)OC1O. The summed E-state index contributed by atoms with van der Waals surface area (Å²) in [4.78, 5) is 10.8. The van der Waals surface area contributed by atoms with Gasteiger partial charge in [0.15, 0.2) is 6.29 Å². The van der Waals surface area contributed by atoms with Crippen LogP contribution in [0.2, 0.25) is 0 Å². The molecule has 4 N–H and O–H groups in total. The third kappa shape index (κ3) is 4.84. The van der Waals surface area contributed by atoms with Crippen LogP contribution in [0.25, 0.3) is 0 Å². The standard InChI is InChI=1S/C8H15NO8S/c1-4(10)9-7-6(11)2-5(17-8(7)12)3-16-18(13,14)15/h5-8,11-12H,2-3H2,1H3,(H,9,10)(H,13,14,15). The third-order valence-electron chi connectivity index (χ3n) is 2.33. The number of rotatable bonds is 4. The first-order valence-corrected chi connectivity index (χ1v) is 6.46. The van der Waals surface area contributed by atoms with E-state index in [1.165, 1.54) is 6.92 Å². The van der Waals surface area contributed by atoms with Gasteiger partial charge in [-0.1, -0.05) is 0 Å². The minimum absolute atomic E-state index is 0.0580. The lowest BCUT2D eigenvalue weighted by atomic mass is 10.0. The molecule has 0 aromatic rings. The summed E-state index contributed by atoms with van der Waals surface area (Å²) >= 11 is 0. The molecule has 0 aliphatic carbocycles. The molecule has 18 heavy (non-hydrogen) atoms. The minimum Gasteiger partial charge on any atom is -0.391 e. The fraction of sp³-hybridized carbons (Fsp3) is 0.875. The van der Waals surface area contributed by atoms with Gasteiger partial charge in [-0.2, -0.15) is 8.42 Å². The van der Waals surface area contributed by atoms with Gasteiger partial charge in [-0.15, -0.1) is 0 Å². The molecule has 0 aromatic carbocycles. The number of aliphatic hydroxyl groups excluding tert-OH is 2. The highest BCUT2D eigenvalue weighted by Gasteiger charge is 2.37. The normalized spacial score (nSPS) is 33.1. The Hall–Kier alpha value is -0.780. The van der Waals surface area contributed by atoms with Gasteiger partial charge in [-0.05, 0) is 0 Å². The van der Waals surface area contributed by atoms with Gasteiger partial charge < -0.3 is 20.3 Å². The van der Waals surface area contributed by atoms with Gasteiger partial charge in [0.2, 0.25) is 5.91 Å². The van der Waals surface area contributed by atoms with E-state index in [4.69, 9.17) is 9.29 Å². The maximum Gasteiger partial charge on any atom is 0.397 e. The first-order chi connectivity index (χ1) is 8.19. The van der Waals surface area contributed by atoms with Crippen LogP contribution in [0.4, 0.5) is 0 Å². The first-order valence-electron chi connectivity index (χ1n) is 5.09. The topological polar surface area (TPSA) is 142 Å². The number of aliphatic hydroxyl groups is 2. The summed E-state index contributed by atoms with van der Waals surface area (Å²) in [6, 6.07) is -0.996. The minimum atomic E-state index is -4.60. The molecule has 1 fully saturated rings.